The Morgan fingerprint density at radius 2 is 2.07 bits per heavy atom. The minimum Gasteiger partial charge on any atom is -0.326 e. The molecule has 2 fully saturated rings. The third-order valence-corrected chi connectivity index (χ3v) is 3.60. The van der Waals surface area contributed by atoms with Gasteiger partial charge in [0.25, 0.3) is 0 Å². The van der Waals surface area contributed by atoms with E-state index in [0.717, 1.165) is 19.0 Å². The summed E-state index contributed by atoms with van der Waals surface area (Å²) < 4.78 is 0. The van der Waals surface area contributed by atoms with Crippen LogP contribution in [-0.4, -0.2) is 42.0 Å². The molecule has 1 saturated heterocycles. The maximum atomic E-state index is 11.8. The summed E-state index contributed by atoms with van der Waals surface area (Å²) in [6.45, 7) is 4.15. The summed E-state index contributed by atoms with van der Waals surface area (Å²) in [5.41, 5.74) is 0. The van der Waals surface area contributed by atoms with Crippen molar-refractivity contribution in [3.05, 3.63) is 0 Å². The van der Waals surface area contributed by atoms with Gasteiger partial charge in [0.2, 0.25) is 0 Å². The fourth-order valence-corrected chi connectivity index (χ4v) is 2.69. The first-order chi connectivity index (χ1) is 6.68. The fourth-order valence-electron chi connectivity index (χ4n) is 2.69. The minimum atomic E-state index is 0.240. The van der Waals surface area contributed by atoms with E-state index < -0.39 is 0 Å². The molecule has 0 aromatic heterocycles. The average Bonchev–Trinajstić information content (AvgIpc) is 2.48. The van der Waals surface area contributed by atoms with Crippen molar-refractivity contribution in [2.45, 2.75) is 38.6 Å². The number of nitrogens with zero attached hydrogens (tertiary/aromatic N) is 2. The molecule has 0 bridgehead atoms. The molecule has 0 aromatic rings. The van der Waals surface area contributed by atoms with Crippen molar-refractivity contribution >= 4 is 6.03 Å². The second kappa shape index (κ2) is 3.79. The van der Waals surface area contributed by atoms with Gasteiger partial charge < -0.3 is 9.80 Å². The SMILES string of the molecule is CC1CCCC(N2CCN(C)C2=O)C1. The number of likely N-dealkylation sites (N-methyl/N-ethyl adjacent to an activating group) is 1. The lowest BCUT2D eigenvalue weighted by atomic mass is 9.86. The Balaban J connectivity index is 1.97. The molecule has 2 rings (SSSR count). The van der Waals surface area contributed by atoms with Crippen LogP contribution in [0.3, 0.4) is 0 Å². The van der Waals surface area contributed by atoms with Crippen LogP contribution in [0.4, 0.5) is 4.79 Å². The molecule has 2 aliphatic rings. The lowest BCUT2D eigenvalue weighted by Crippen LogP contribution is -2.40. The molecule has 0 radical (unpaired) electrons. The van der Waals surface area contributed by atoms with Crippen LogP contribution in [0, 0.1) is 5.92 Å². The maximum absolute atomic E-state index is 11.8. The standard InChI is InChI=1S/C11H20N2O/c1-9-4-3-5-10(8-9)13-7-6-12(2)11(13)14/h9-10H,3-8H2,1-2H3. The highest BCUT2D eigenvalue weighted by atomic mass is 16.2. The van der Waals surface area contributed by atoms with E-state index in [2.05, 4.69) is 11.8 Å². The molecule has 2 atom stereocenters. The maximum Gasteiger partial charge on any atom is 0.320 e. The molecule has 1 aliphatic heterocycles. The molecule has 0 spiro atoms. The molecule has 0 N–H and O–H groups in total. The Kier molecular flexibility index (Phi) is 2.66. The molecule has 2 unspecified atom stereocenters. The van der Waals surface area contributed by atoms with Crippen LogP contribution in [-0.2, 0) is 0 Å². The van der Waals surface area contributed by atoms with Crippen LogP contribution in [0.5, 0.6) is 0 Å². The fraction of sp³-hybridized carbons (Fsp3) is 0.909. The Hall–Kier alpha value is -0.730. The van der Waals surface area contributed by atoms with E-state index in [4.69, 9.17) is 0 Å². The van der Waals surface area contributed by atoms with Gasteiger partial charge in [-0.1, -0.05) is 19.8 Å². The highest BCUT2D eigenvalue weighted by Gasteiger charge is 2.33. The van der Waals surface area contributed by atoms with Crippen molar-refractivity contribution in [1.82, 2.24) is 9.80 Å². The highest BCUT2D eigenvalue weighted by molar-refractivity contribution is 5.76. The average molecular weight is 196 g/mol. The topological polar surface area (TPSA) is 23.6 Å². The number of amides is 2. The summed E-state index contributed by atoms with van der Waals surface area (Å²) >= 11 is 0. The van der Waals surface area contributed by atoms with Gasteiger partial charge in [0, 0.05) is 26.2 Å². The molecule has 14 heavy (non-hydrogen) atoms. The van der Waals surface area contributed by atoms with Crippen LogP contribution in [0.25, 0.3) is 0 Å². The lowest BCUT2D eigenvalue weighted by molar-refractivity contribution is 0.155. The van der Waals surface area contributed by atoms with E-state index in [1.54, 1.807) is 0 Å². The van der Waals surface area contributed by atoms with Crippen LogP contribution < -0.4 is 0 Å². The van der Waals surface area contributed by atoms with Crippen LogP contribution in [0.1, 0.15) is 32.6 Å². The van der Waals surface area contributed by atoms with Crippen molar-refractivity contribution in [1.29, 1.82) is 0 Å². The second-order valence-corrected chi connectivity index (χ2v) is 4.82. The van der Waals surface area contributed by atoms with Gasteiger partial charge in [-0.25, -0.2) is 4.79 Å². The van der Waals surface area contributed by atoms with Crippen molar-refractivity contribution in [3.63, 3.8) is 0 Å². The Morgan fingerprint density at radius 1 is 1.29 bits per heavy atom. The van der Waals surface area contributed by atoms with Crippen molar-refractivity contribution < 1.29 is 4.79 Å². The number of hydrogen-bond donors (Lipinski definition) is 0. The van der Waals surface area contributed by atoms with Crippen LogP contribution >= 0.6 is 0 Å². The van der Waals surface area contributed by atoms with Crippen LogP contribution in [0.15, 0.2) is 0 Å². The third-order valence-electron chi connectivity index (χ3n) is 3.60. The van der Waals surface area contributed by atoms with E-state index in [9.17, 15) is 4.79 Å². The zero-order valence-electron chi connectivity index (χ0n) is 9.20. The van der Waals surface area contributed by atoms with Crippen molar-refractivity contribution in [2.24, 2.45) is 5.92 Å². The van der Waals surface area contributed by atoms with E-state index in [1.165, 1.54) is 25.7 Å². The summed E-state index contributed by atoms with van der Waals surface area (Å²) in [6, 6.07) is 0.764. The predicted molar refractivity (Wildman–Crippen MR) is 56.2 cm³/mol. The molecule has 1 aliphatic carbocycles. The van der Waals surface area contributed by atoms with Crippen molar-refractivity contribution in [2.75, 3.05) is 20.1 Å². The van der Waals surface area contributed by atoms with Gasteiger partial charge in [-0.2, -0.15) is 0 Å². The quantitative estimate of drug-likeness (QED) is 0.628. The summed E-state index contributed by atoms with van der Waals surface area (Å²) in [5.74, 6) is 0.799. The molecule has 1 saturated carbocycles. The first-order valence-corrected chi connectivity index (χ1v) is 5.70. The number of rotatable bonds is 1. The summed E-state index contributed by atoms with van der Waals surface area (Å²) in [4.78, 5) is 15.7. The summed E-state index contributed by atoms with van der Waals surface area (Å²) in [6.07, 6.45) is 5.05. The van der Waals surface area contributed by atoms with Gasteiger partial charge in [0.05, 0.1) is 0 Å². The number of hydrogen-bond acceptors (Lipinski definition) is 1. The third kappa shape index (κ3) is 1.72. The van der Waals surface area contributed by atoms with E-state index >= 15 is 0 Å². The molecule has 2 amide bonds. The smallest absolute Gasteiger partial charge is 0.320 e. The molecule has 0 aromatic carbocycles. The van der Waals surface area contributed by atoms with Gasteiger partial charge in [0.1, 0.15) is 0 Å². The summed E-state index contributed by atoms with van der Waals surface area (Å²) in [7, 11) is 1.90. The summed E-state index contributed by atoms with van der Waals surface area (Å²) in [5, 5.41) is 0. The molecule has 3 heteroatoms. The molecule has 1 heterocycles. The largest absolute Gasteiger partial charge is 0.326 e. The minimum absolute atomic E-state index is 0.240. The van der Waals surface area contributed by atoms with E-state index in [-0.39, 0.29) is 6.03 Å². The van der Waals surface area contributed by atoms with Gasteiger partial charge in [0.15, 0.2) is 0 Å². The number of carbonyl (C=O) groups excluding carboxylic acids is 1. The van der Waals surface area contributed by atoms with Gasteiger partial charge in [-0.3, -0.25) is 0 Å². The van der Waals surface area contributed by atoms with Gasteiger partial charge in [-0.15, -0.1) is 0 Å². The van der Waals surface area contributed by atoms with Crippen LogP contribution in [0.2, 0.25) is 0 Å². The second-order valence-electron chi connectivity index (χ2n) is 4.82. The zero-order chi connectivity index (χ0) is 10.1. The molecule has 80 valence electrons. The highest BCUT2D eigenvalue weighted by Crippen LogP contribution is 2.28. The first kappa shape index (κ1) is 9.81. The Bertz CT molecular complexity index is 229. The number of carbonyl (C=O) groups is 1. The zero-order valence-corrected chi connectivity index (χ0v) is 9.20. The Morgan fingerprint density at radius 3 is 2.64 bits per heavy atom. The Labute approximate surface area is 86.1 Å². The van der Waals surface area contributed by atoms with Gasteiger partial charge in [-0.05, 0) is 18.8 Å². The van der Waals surface area contributed by atoms with Crippen molar-refractivity contribution in [3.8, 4) is 0 Å². The lowest BCUT2D eigenvalue weighted by Gasteiger charge is -2.33. The van der Waals surface area contributed by atoms with E-state index in [0.29, 0.717) is 6.04 Å². The first-order valence-electron chi connectivity index (χ1n) is 5.70. The van der Waals surface area contributed by atoms with Gasteiger partial charge >= 0.3 is 6.03 Å². The predicted octanol–water partition coefficient (Wildman–Crippen LogP) is 1.93. The van der Waals surface area contributed by atoms with E-state index in [1.807, 2.05) is 11.9 Å². The molecular weight excluding hydrogens is 176 g/mol. The molecule has 3 nitrogen and oxygen atoms in total. The monoisotopic (exact) mass is 196 g/mol. The molecular formula is C11H20N2O. The normalized spacial score (nSPS) is 34.0. The number of urea groups is 1.